The molecule has 3 nitrogen and oxygen atoms in total. The molecule has 0 aromatic heterocycles. The minimum atomic E-state index is -0.218. The lowest BCUT2D eigenvalue weighted by Gasteiger charge is -2.18. The van der Waals surface area contributed by atoms with Crippen molar-refractivity contribution >= 4 is 0 Å². The molecule has 0 amide bonds. The molecule has 0 bridgehead atoms. The van der Waals surface area contributed by atoms with Gasteiger partial charge in [0.25, 0.3) is 0 Å². The Kier molecular flexibility index (Phi) is 2.93. The fourth-order valence-corrected chi connectivity index (χ4v) is 1.69. The Labute approximate surface area is 90.4 Å². The fourth-order valence-electron chi connectivity index (χ4n) is 1.69. The van der Waals surface area contributed by atoms with Gasteiger partial charge < -0.3 is 9.47 Å². The smallest absolute Gasteiger partial charge is 0.119 e. The summed E-state index contributed by atoms with van der Waals surface area (Å²) in [5.74, 6) is 0.906. The van der Waals surface area contributed by atoms with Crippen LogP contribution in [0.1, 0.15) is 13.8 Å². The molecule has 1 saturated heterocycles. The lowest BCUT2D eigenvalue weighted by Crippen LogP contribution is -2.41. The summed E-state index contributed by atoms with van der Waals surface area (Å²) in [6.45, 7) is 5.40. The molecule has 1 fully saturated rings. The van der Waals surface area contributed by atoms with E-state index in [0.717, 1.165) is 5.75 Å². The van der Waals surface area contributed by atoms with E-state index in [1.54, 1.807) is 0 Å². The van der Waals surface area contributed by atoms with E-state index in [9.17, 15) is 0 Å². The average molecular weight is 207 g/mol. The normalized spacial score (nSPS) is 24.0. The molecule has 82 valence electrons. The summed E-state index contributed by atoms with van der Waals surface area (Å²) in [4.78, 5) is 0. The predicted molar refractivity (Wildman–Crippen MR) is 58.9 cm³/mol. The zero-order chi connectivity index (χ0) is 10.7. The van der Waals surface area contributed by atoms with Crippen LogP contribution in [-0.2, 0) is 4.74 Å². The SMILES string of the molecule is CC1(C)N[C@H](COc2ccccc2)CO1. The van der Waals surface area contributed by atoms with E-state index in [2.05, 4.69) is 5.32 Å². The van der Waals surface area contributed by atoms with Crippen molar-refractivity contribution in [2.24, 2.45) is 0 Å². The number of para-hydroxylation sites is 1. The lowest BCUT2D eigenvalue weighted by molar-refractivity contribution is 0.0230. The van der Waals surface area contributed by atoms with Crippen molar-refractivity contribution in [3.8, 4) is 5.75 Å². The Bertz CT molecular complexity index is 311. The van der Waals surface area contributed by atoms with E-state index < -0.39 is 0 Å². The zero-order valence-electron chi connectivity index (χ0n) is 9.19. The van der Waals surface area contributed by atoms with Crippen LogP contribution in [0.15, 0.2) is 30.3 Å². The Balaban J connectivity index is 1.80. The van der Waals surface area contributed by atoms with Gasteiger partial charge in [-0.15, -0.1) is 0 Å². The van der Waals surface area contributed by atoms with E-state index >= 15 is 0 Å². The molecular formula is C12H17NO2. The van der Waals surface area contributed by atoms with E-state index in [4.69, 9.17) is 9.47 Å². The van der Waals surface area contributed by atoms with Gasteiger partial charge in [0, 0.05) is 0 Å². The van der Waals surface area contributed by atoms with Gasteiger partial charge in [0.2, 0.25) is 0 Å². The highest BCUT2D eigenvalue weighted by Gasteiger charge is 2.30. The number of nitrogens with one attached hydrogen (secondary N) is 1. The molecule has 1 aliphatic rings. The van der Waals surface area contributed by atoms with Gasteiger partial charge in [-0.1, -0.05) is 18.2 Å². The highest BCUT2D eigenvalue weighted by Crippen LogP contribution is 2.15. The number of hydrogen-bond acceptors (Lipinski definition) is 3. The Morgan fingerprint density at radius 1 is 1.40 bits per heavy atom. The van der Waals surface area contributed by atoms with Crippen molar-refractivity contribution in [3.05, 3.63) is 30.3 Å². The molecule has 0 unspecified atom stereocenters. The molecule has 1 heterocycles. The number of hydrogen-bond donors (Lipinski definition) is 1. The Morgan fingerprint density at radius 2 is 2.13 bits per heavy atom. The minimum Gasteiger partial charge on any atom is -0.492 e. The third-order valence-corrected chi connectivity index (χ3v) is 2.39. The molecule has 1 aromatic carbocycles. The van der Waals surface area contributed by atoms with Crippen LogP contribution < -0.4 is 10.1 Å². The zero-order valence-corrected chi connectivity index (χ0v) is 9.19. The maximum atomic E-state index is 5.64. The van der Waals surface area contributed by atoms with E-state index in [-0.39, 0.29) is 11.8 Å². The summed E-state index contributed by atoms with van der Waals surface area (Å²) in [6, 6.07) is 10.1. The first-order valence-electron chi connectivity index (χ1n) is 5.25. The predicted octanol–water partition coefficient (Wildman–Crippen LogP) is 1.79. The molecule has 2 rings (SSSR count). The van der Waals surface area contributed by atoms with E-state index in [1.807, 2.05) is 44.2 Å². The largest absolute Gasteiger partial charge is 0.492 e. The second kappa shape index (κ2) is 4.21. The van der Waals surface area contributed by atoms with E-state index in [1.165, 1.54) is 0 Å². The van der Waals surface area contributed by atoms with Crippen molar-refractivity contribution in [1.82, 2.24) is 5.32 Å². The third-order valence-electron chi connectivity index (χ3n) is 2.39. The Morgan fingerprint density at radius 3 is 2.73 bits per heavy atom. The molecule has 0 radical (unpaired) electrons. The van der Waals surface area contributed by atoms with Crippen LogP contribution in [0.4, 0.5) is 0 Å². The monoisotopic (exact) mass is 207 g/mol. The fraction of sp³-hybridized carbons (Fsp3) is 0.500. The van der Waals surface area contributed by atoms with Crippen molar-refractivity contribution in [1.29, 1.82) is 0 Å². The van der Waals surface area contributed by atoms with Gasteiger partial charge in [-0.25, -0.2) is 0 Å². The molecule has 15 heavy (non-hydrogen) atoms. The minimum absolute atomic E-state index is 0.218. The van der Waals surface area contributed by atoms with Crippen molar-refractivity contribution in [3.63, 3.8) is 0 Å². The molecule has 1 aromatic rings. The molecule has 1 N–H and O–H groups in total. The Hall–Kier alpha value is -1.06. The second-order valence-corrected chi connectivity index (χ2v) is 4.29. The molecule has 1 atom stereocenters. The van der Waals surface area contributed by atoms with Gasteiger partial charge in [-0.2, -0.15) is 0 Å². The van der Waals surface area contributed by atoms with Gasteiger partial charge in [-0.3, -0.25) is 5.32 Å². The van der Waals surface area contributed by atoms with Crippen LogP contribution in [0.2, 0.25) is 0 Å². The van der Waals surface area contributed by atoms with Crippen molar-refractivity contribution < 1.29 is 9.47 Å². The highest BCUT2D eigenvalue weighted by molar-refractivity contribution is 5.20. The quantitative estimate of drug-likeness (QED) is 0.819. The van der Waals surface area contributed by atoms with Crippen molar-refractivity contribution in [2.45, 2.75) is 25.6 Å². The van der Waals surface area contributed by atoms with Gasteiger partial charge in [0.15, 0.2) is 0 Å². The summed E-state index contributed by atoms with van der Waals surface area (Å²) >= 11 is 0. The van der Waals surface area contributed by atoms with Crippen LogP contribution in [0.25, 0.3) is 0 Å². The first-order chi connectivity index (χ1) is 7.16. The van der Waals surface area contributed by atoms with Crippen LogP contribution >= 0.6 is 0 Å². The van der Waals surface area contributed by atoms with Gasteiger partial charge >= 0.3 is 0 Å². The average Bonchev–Trinajstić information content (AvgIpc) is 2.57. The van der Waals surface area contributed by atoms with Crippen LogP contribution in [0.3, 0.4) is 0 Å². The number of rotatable bonds is 3. The summed E-state index contributed by atoms with van der Waals surface area (Å²) in [5.41, 5.74) is -0.218. The summed E-state index contributed by atoms with van der Waals surface area (Å²) < 4.78 is 11.2. The van der Waals surface area contributed by atoms with Gasteiger partial charge in [-0.05, 0) is 26.0 Å². The topological polar surface area (TPSA) is 30.5 Å². The molecule has 1 aliphatic heterocycles. The molecule has 3 heteroatoms. The first kappa shape index (κ1) is 10.5. The number of ether oxygens (including phenoxy) is 2. The van der Waals surface area contributed by atoms with Crippen LogP contribution in [0.5, 0.6) is 5.75 Å². The lowest BCUT2D eigenvalue weighted by atomic mass is 10.3. The van der Waals surface area contributed by atoms with Gasteiger partial charge in [0.05, 0.1) is 12.6 Å². The molecule has 0 spiro atoms. The number of benzene rings is 1. The van der Waals surface area contributed by atoms with Crippen LogP contribution in [-0.4, -0.2) is 25.0 Å². The van der Waals surface area contributed by atoms with Crippen LogP contribution in [0, 0.1) is 0 Å². The highest BCUT2D eigenvalue weighted by atomic mass is 16.5. The maximum absolute atomic E-state index is 5.64. The third kappa shape index (κ3) is 2.94. The van der Waals surface area contributed by atoms with E-state index in [0.29, 0.717) is 13.2 Å². The summed E-state index contributed by atoms with van der Waals surface area (Å²) in [6.07, 6.45) is 0. The van der Waals surface area contributed by atoms with Gasteiger partial charge in [0.1, 0.15) is 18.1 Å². The molecule has 0 aliphatic carbocycles. The standard InChI is InChI=1S/C12H17NO2/c1-12(2)13-10(9-15-12)8-14-11-6-4-3-5-7-11/h3-7,10,13H,8-9H2,1-2H3/t10-/m1/s1. The van der Waals surface area contributed by atoms with Crippen molar-refractivity contribution in [2.75, 3.05) is 13.2 Å². The second-order valence-electron chi connectivity index (χ2n) is 4.29. The summed E-state index contributed by atoms with van der Waals surface area (Å²) in [5, 5.41) is 3.35. The molecule has 0 saturated carbocycles. The summed E-state index contributed by atoms with van der Waals surface area (Å²) in [7, 11) is 0. The molecular weight excluding hydrogens is 190 g/mol. The first-order valence-corrected chi connectivity index (χ1v) is 5.25. The maximum Gasteiger partial charge on any atom is 0.119 e.